The van der Waals surface area contributed by atoms with Gasteiger partial charge in [0.15, 0.2) is 24.9 Å². The molecule has 9 nitrogen and oxygen atoms in total. The zero-order valence-corrected chi connectivity index (χ0v) is 40.3. The van der Waals surface area contributed by atoms with Crippen molar-refractivity contribution in [2.24, 2.45) is 0 Å². The number of fused-ring (bicyclic) bond motifs is 3. The third-order valence-corrected chi connectivity index (χ3v) is 11.3. The third-order valence-electron chi connectivity index (χ3n) is 11.3. The molecule has 45 heteroatoms. The highest BCUT2D eigenvalue weighted by atomic mass is 19.5. The number of aromatic nitrogens is 4. The first-order chi connectivity index (χ1) is 38.7. The van der Waals surface area contributed by atoms with E-state index in [-0.39, 0.29) is 12.1 Å². The van der Waals surface area contributed by atoms with Crippen LogP contribution in [0.2, 0.25) is 0 Å². The van der Waals surface area contributed by atoms with E-state index in [0.29, 0.717) is 24.3 Å². The number of benzene rings is 2. The summed E-state index contributed by atoms with van der Waals surface area (Å²) >= 11 is 0. The first-order valence-electron chi connectivity index (χ1n) is 21.8. The van der Waals surface area contributed by atoms with Crippen molar-refractivity contribution in [2.45, 2.75) is 109 Å². The molecule has 0 unspecified atom stereocenters. The molecule has 0 bridgehead atoms. The molecule has 5 aromatic rings. The fourth-order valence-corrected chi connectivity index (χ4v) is 6.44. The van der Waals surface area contributed by atoms with Crippen molar-refractivity contribution in [3.63, 3.8) is 0 Å². The van der Waals surface area contributed by atoms with Gasteiger partial charge in [0.05, 0.1) is 38.2 Å². The van der Waals surface area contributed by atoms with E-state index in [2.05, 4.69) is 38.9 Å². The van der Waals surface area contributed by atoms with Crippen LogP contribution in [0.25, 0.3) is 44.7 Å². The fourth-order valence-electron chi connectivity index (χ4n) is 6.44. The van der Waals surface area contributed by atoms with Crippen LogP contribution in [0.5, 0.6) is 23.5 Å². The monoisotopic (exact) mass is 1340 g/mol. The molecule has 0 aliphatic carbocycles. The molecule has 0 atom stereocenters. The summed E-state index contributed by atoms with van der Waals surface area (Å²) in [4.78, 5) is 13.5. The summed E-state index contributed by atoms with van der Waals surface area (Å²) in [6.07, 6.45) is -35.3. The summed E-state index contributed by atoms with van der Waals surface area (Å²) in [5.74, 6) is -95.1. The molecule has 5 rings (SSSR count). The van der Waals surface area contributed by atoms with Gasteiger partial charge in [-0.1, -0.05) is 0 Å². The zero-order chi connectivity index (χ0) is 67.2. The number of hydrogen-bond acceptors (Lipinski definition) is 9. The minimum absolute atomic E-state index is 0.175. The van der Waals surface area contributed by atoms with Gasteiger partial charge in [0.25, 0.3) is 0 Å². The number of rotatable bonds is 24. The molecule has 490 valence electrons. The Morgan fingerprint density at radius 1 is 0.287 bits per heavy atom. The maximum absolute atomic E-state index is 14.5. The Balaban J connectivity index is 1.62. The van der Waals surface area contributed by atoms with E-state index in [9.17, 15) is 158 Å². The van der Waals surface area contributed by atoms with Crippen LogP contribution in [-0.2, 0) is 0 Å². The third kappa shape index (κ3) is 12.6. The number of furan rings is 1. The second-order valence-corrected chi connectivity index (χ2v) is 17.4. The van der Waals surface area contributed by atoms with E-state index in [1.165, 1.54) is 0 Å². The van der Waals surface area contributed by atoms with E-state index in [1.54, 1.807) is 0 Å². The number of hydrogen-bond donors (Lipinski definition) is 0. The van der Waals surface area contributed by atoms with Crippen molar-refractivity contribution < 1.29 is 181 Å². The minimum Gasteiger partial charge on any atom is -0.477 e. The summed E-state index contributed by atoms with van der Waals surface area (Å²) in [5, 5.41) is -0.963. The molecule has 0 aliphatic heterocycles. The summed E-state index contributed by atoms with van der Waals surface area (Å²) in [7, 11) is 0. The average Bonchev–Trinajstić information content (AvgIpc) is 1.94. The predicted octanol–water partition coefficient (Wildman–Crippen LogP) is 16.7. The van der Waals surface area contributed by atoms with Crippen LogP contribution in [-0.4, -0.2) is 142 Å². The lowest BCUT2D eigenvalue weighted by Gasteiger charge is -2.33. The van der Waals surface area contributed by atoms with Gasteiger partial charge in [-0.3, -0.25) is 0 Å². The fraction of sp³-hybridized carbons (Fsp3) is 0.524. The Hall–Kier alpha value is -6.92. The van der Waals surface area contributed by atoms with Crippen LogP contribution in [0.15, 0.2) is 52.9 Å². The van der Waals surface area contributed by atoms with Crippen molar-refractivity contribution >= 4 is 21.9 Å². The normalized spacial score (nSPS) is 14.9. The van der Waals surface area contributed by atoms with Gasteiger partial charge in [-0.15, -0.1) is 0 Å². The molecule has 0 N–H and O–H groups in total. The first-order valence-corrected chi connectivity index (χ1v) is 21.8. The van der Waals surface area contributed by atoms with Gasteiger partial charge in [-0.05, 0) is 36.4 Å². The maximum Gasteiger partial charge on any atom is 0.460 e. The predicted molar refractivity (Wildman–Crippen MR) is 211 cm³/mol. The van der Waals surface area contributed by atoms with Gasteiger partial charge in [-0.25, -0.2) is 0 Å². The molecule has 0 saturated heterocycles. The zero-order valence-electron chi connectivity index (χ0n) is 40.3. The van der Waals surface area contributed by atoms with Gasteiger partial charge in [0.2, 0.25) is 23.5 Å². The topological polar surface area (TPSA) is 102 Å². The lowest BCUT2D eigenvalue weighted by atomic mass is 10.0. The number of alkyl halides is 36. The summed E-state index contributed by atoms with van der Waals surface area (Å²) in [6.45, 7) is -11.0. The standard InChI is InChI=1S/C42H20F36N4O5/c43-27(44,31(51,52)35(59,60)39(67,68)69)5-7-83-21-11-23(85-13-29(47,48)33(55,56)37(63,64)41(73,74)75)81-25(79-21)15-1-3-19-17(9-15)18-10-16(2-4-20(18)87-19)26-80-22(84-8-6-28(45,46)32(53,54)36(61,62)40(70,71)72)12-24(82-26)86-14-30(49,50)34(57,58)38(65,66)42(76,77)78/h1-4,9-12H,5-8,13-14H2. The Kier molecular flexibility index (Phi) is 17.9. The van der Waals surface area contributed by atoms with Gasteiger partial charge in [0, 0.05) is 21.9 Å². The molecule has 0 amide bonds. The minimum atomic E-state index is -7.57. The molecule has 0 saturated carbocycles. The van der Waals surface area contributed by atoms with E-state index in [4.69, 9.17) is 4.42 Å². The number of halogens is 36. The van der Waals surface area contributed by atoms with Crippen LogP contribution >= 0.6 is 0 Å². The van der Waals surface area contributed by atoms with E-state index in [1.807, 2.05) is 0 Å². The van der Waals surface area contributed by atoms with E-state index < -0.39 is 203 Å². The van der Waals surface area contributed by atoms with Crippen LogP contribution in [0.4, 0.5) is 158 Å². The van der Waals surface area contributed by atoms with Gasteiger partial charge in [-0.2, -0.15) is 178 Å². The quantitative estimate of drug-likeness (QED) is 0.0559. The lowest BCUT2D eigenvalue weighted by molar-refractivity contribution is -0.398. The highest BCUT2D eigenvalue weighted by molar-refractivity contribution is 6.07. The first kappa shape index (κ1) is 70.8. The largest absolute Gasteiger partial charge is 0.477 e. The van der Waals surface area contributed by atoms with Crippen molar-refractivity contribution in [3.05, 3.63) is 48.5 Å². The smallest absolute Gasteiger partial charge is 0.460 e. The summed E-state index contributed by atoms with van der Waals surface area (Å²) in [6, 6.07) is 3.95. The Morgan fingerprint density at radius 3 is 0.782 bits per heavy atom. The highest BCUT2D eigenvalue weighted by Crippen LogP contribution is 2.58. The SMILES string of the molecule is FC(F)(F)C(F)(F)C(F)(F)C(F)(F)CCOc1cc(OCC(F)(F)C(F)(F)C(F)(F)C(F)(F)F)nc(-c2ccc3oc4ccc(-c5nc(OCCC(F)(F)C(F)(F)C(F)(F)C(F)(F)F)cc(OCC(F)(F)C(F)(F)C(F)(F)C(F)(F)F)n5)cc4c3c2)n1. The molecule has 0 spiro atoms. The van der Waals surface area contributed by atoms with Crippen LogP contribution in [0.1, 0.15) is 12.8 Å². The summed E-state index contributed by atoms with van der Waals surface area (Å²) in [5.41, 5.74) is -2.42. The van der Waals surface area contributed by atoms with Gasteiger partial charge >= 0.3 is 95.8 Å². The van der Waals surface area contributed by atoms with E-state index >= 15 is 0 Å². The Bertz CT molecular complexity index is 3060. The van der Waals surface area contributed by atoms with Crippen LogP contribution in [0.3, 0.4) is 0 Å². The Labute approximate surface area is 453 Å². The molecule has 2 aromatic carbocycles. The second-order valence-electron chi connectivity index (χ2n) is 17.4. The van der Waals surface area contributed by atoms with Crippen molar-refractivity contribution in [1.29, 1.82) is 0 Å². The van der Waals surface area contributed by atoms with Gasteiger partial charge in [0.1, 0.15) is 11.2 Å². The van der Waals surface area contributed by atoms with Crippen molar-refractivity contribution in [3.8, 4) is 46.3 Å². The molecule has 0 aliphatic rings. The molecular formula is C42H20F36N4O5. The molecule has 0 fully saturated rings. The average molecular weight is 1340 g/mol. The molecule has 0 radical (unpaired) electrons. The van der Waals surface area contributed by atoms with Crippen molar-refractivity contribution in [1.82, 2.24) is 19.9 Å². The molecule has 3 heterocycles. The van der Waals surface area contributed by atoms with Crippen LogP contribution in [0, 0.1) is 0 Å². The maximum atomic E-state index is 14.5. The number of nitrogens with zero attached hydrogens (tertiary/aromatic N) is 4. The van der Waals surface area contributed by atoms with Crippen LogP contribution < -0.4 is 18.9 Å². The highest BCUT2D eigenvalue weighted by Gasteiger charge is 2.85. The number of ether oxygens (including phenoxy) is 4. The Morgan fingerprint density at radius 2 is 0.529 bits per heavy atom. The molecule has 87 heavy (non-hydrogen) atoms. The van der Waals surface area contributed by atoms with E-state index in [0.717, 1.165) is 12.1 Å². The van der Waals surface area contributed by atoms with Gasteiger partial charge < -0.3 is 23.4 Å². The lowest BCUT2D eigenvalue weighted by Crippen LogP contribution is -2.62. The summed E-state index contributed by atoms with van der Waals surface area (Å²) < 4.78 is 510. The molecule has 3 aromatic heterocycles. The second kappa shape index (κ2) is 22.0. The molecular weight excluding hydrogens is 1320 g/mol. The van der Waals surface area contributed by atoms with Crippen molar-refractivity contribution in [2.75, 3.05) is 26.4 Å².